The van der Waals surface area contributed by atoms with E-state index in [1.165, 1.54) is 31.0 Å². The molecule has 134 valence electrons. The molecule has 1 saturated carbocycles. The molecule has 1 aliphatic rings. The standard InChI is InChI=1S/C17H21ClN4O2S/c18-12-6-8-13(9-7-12)19-10-16-21-22-17(24-16)25-11-15(23)20-14-4-2-1-3-5-14/h6-9,14,19H,1-5,10-11H2,(H,20,23). The molecule has 1 amide bonds. The first-order valence-corrected chi connectivity index (χ1v) is 9.79. The van der Waals surface area contributed by atoms with Crippen molar-refractivity contribution in [2.75, 3.05) is 11.1 Å². The first-order chi connectivity index (χ1) is 12.2. The van der Waals surface area contributed by atoms with Crippen LogP contribution in [0.4, 0.5) is 5.69 Å². The van der Waals surface area contributed by atoms with E-state index in [0.717, 1.165) is 18.5 Å². The number of thioether (sulfide) groups is 1. The van der Waals surface area contributed by atoms with Crippen molar-refractivity contribution < 1.29 is 9.21 Å². The van der Waals surface area contributed by atoms with Gasteiger partial charge in [0.2, 0.25) is 11.8 Å². The molecule has 1 fully saturated rings. The Morgan fingerprint density at radius 3 is 2.72 bits per heavy atom. The van der Waals surface area contributed by atoms with E-state index in [1.54, 1.807) is 0 Å². The summed E-state index contributed by atoms with van der Waals surface area (Å²) in [5, 5.41) is 15.3. The Balaban J connectivity index is 1.40. The minimum absolute atomic E-state index is 0.0240. The van der Waals surface area contributed by atoms with Crippen molar-refractivity contribution in [3.8, 4) is 0 Å². The predicted molar refractivity (Wildman–Crippen MR) is 98.8 cm³/mol. The van der Waals surface area contributed by atoms with Gasteiger partial charge in [-0.1, -0.05) is 42.6 Å². The van der Waals surface area contributed by atoms with Gasteiger partial charge in [0.25, 0.3) is 5.22 Å². The normalized spacial score (nSPS) is 15.1. The number of halogens is 1. The van der Waals surface area contributed by atoms with Crippen LogP contribution in [-0.4, -0.2) is 27.9 Å². The minimum atomic E-state index is 0.0240. The van der Waals surface area contributed by atoms with Gasteiger partial charge in [0.1, 0.15) is 0 Å². The van der Waals surface area contributed by atoms with Crippen molar-refractivity contribution in [1.29, 1.82) is 0 Å². The van der Waals surface area contributed by atoms with Crippen LogP contribution in [0.2, 0.25) is 5.02 Å². The third-order valence-electron chi connectivity index (χ3n) is 4.03. The van der Waals surface area contributed by atoms with E-state index in [0.29, 0.717) is 34.5 Å². The van der Waals surface area contributed by atoms with Gasteiger partial charge in [0, 0.05) is 16.8 Å². The number of nitrogens with one attached hydrogen (secondary N) is 2. The second-order valence-corrected chi connectivity index (χ2v) is 7.38. The molecular formula is C17H21ClN4O2S. The summed E-state index contributed by atoms with van der Waals surface area (Å²) < 4.78 is 5.54. The van der Waals surface area contributed by atoms with E-state index in [9.17, 15) is 4.79 Å². The quantitative estimate of drug-likeness (QED) is 0.709. The zero-order valence-electron chi connectivity index (χ0n) is 13.8. The lowest BCUT2D eigenvalue weighted by molar-refractivity contribution is -0.119. The molecule has 1 heterocycles. The SMILES string of the molecule is O=C(CSc1nnc(CNc2ccc(Cl)cc2)o1)NC1CCCCC1. The summed E-state index contributed by atoms with van der Waals surface area (Å²) in [4.78, 5) is 12.0. The number of nitrogens with zero attached hydrogens (tertiary/aromatic N) is 2. The molecule has 2 N–H and O–H groups in total. The van der Waals surface area contributed by atoms with E-state index in [2.05, 4.69) is 20.8 Å². The summed E-state index contributed by atoms with van der Waals surface area (Å²) in [6, 6.07) is 7.70. The number of benzene rings is 1. The monoisotopic (exact) mass is 380 g/mol. The van der Waals surface area contributed by atoms with Gasteiger partial charge in [0.15, 0.2) is 0 Å². The highest BCUT2D eigenvalue weighted by Crippen LogP contribution is 2.20. The predicted octanol–water partition coefficient (Wildman–Crippen LogP) is 3.88. The number of aromatic nitrogens is 2. The van der Waals surface area contributed by atoms with E-state index in [4.69, 9.17) is 16.0 Å². The van der Waals surface area contributed by atoms with Gasteiger partial charge in [-0.05, 0) is 37.1 Å². The van der Waals surface area contributed by atoms with Crippen LogP contribution >= 0.6 is 23.4 Å². The smallest absolute Gasteiger partial charge is 0.277 e. The van der Waals surface area contributed by atoms with Crippen molar-refractivity contribution in [2.24, 2.45) is 0 Å². The molecule has 1 aromatic heterocycles. The molecule has 1 aliphatic carbocycles. The van der Waals surface area contributed by atoms with Crippen LogP contribution in [-0.2, 0) is 11.3 Å². The van der Waals surface area contributed by atoms with E-state index in [-0.39, 0.29) is 5.91 Å². The zero-order chi connectivity index (χ0) is 17.5. The summed E-state index contributed by atoms with van der Waals surface area (Å²) in [7, 11) is 0. The molecule has 0 unspecified atom stereocenters. The van der Waals surface area contributed by atoms with Crippen LogP contribution in [0.1, 0.15) is 38.0 Å². The lowest BCUT2D eigenvalue weighted by Crippen LogP contribution is -2.37. The summed E-state index contributed by atoms with van der Waals surface area (Å²) in [6.07, 6.45) is 5.84. The number of hydrogen-bond acceptors (Lipinski definition) is 6. The van der Waals surface area contributed by atoms with Gasteiger partial charge < -0.3 is 15.1 Å². The topological polar surface area (TPSA) is 80.1 Å². The number of carbonyl (C=O) groups excluding carboxylic acids is 1. The summed E-state index contributed by atoms with van der Waals surface area (Å²) in [6.45, 7) is 0.420. The first-order valence-electron chi connectivity index (χ1n) is 8.43. The van der Waals surface area contributed by atoms with Gasteiger partial charge in [0.05, 0.1) is 12.3 Å². The summed E-state index contributed by atoms with van der Waals surface area (Å²) >= 11 is 7.11. The van der Waals surface area contributed by atoms with Crippen LogP contribution in [0.5, 0.6) is 0 Å². The van der Waals surface area contributed by atoms with Crippen molar-refractivity contribution >= 4 is 35.0 Å². The minimum Gasteiger partial charge on any atom is -0.414 e. The van der Waals surface area contributed by atoms with Gasteiger partial charge >= 0.3 is 0 Å². The molecule has 0 saturated heterocycles. The van der Waals surface area contributed by atoms with Crippen LogP contribution in [0.3, 0.4) is 0 Å². The number of amides is 1. The fourth-order valence-electron chi connectivity index (χ4n) is 2.76. The number of anilines is 1. The Bertz CT molecular complexity index is 686. The highest BCUT2D eigenvalue weighted by molar-refractivity contribution is 7.99. The summed E-state index contributed by atoms with van der Waals surface area (Å²) in [5.41, 5.74) is 0.920. The van der Waals surface area contributed by atoms with Gasteiger partial charge in [-0.2, -0.15) is 0 Å². The number of carbonyl (C=O) groups is 1. The molecule has 1 aromatic carbocycles. The van der Waals surface area contributed by atoms with Crippen LogP contribution in [0.15, 0.2) is 33.9 Å². The summed E-state index contributed by atoms with van der Waals surface area (Å²) in [5.74, 6) is 0.795. The van der Waals surface area contributed by atoms with E-state index < -0.39 is 0 Å². The lowest BCUT2D eigenvalue weighted by atomic mass is 9.95. The number of hydrogen-bond donors (Lipinski definition) is 2. The lowest BCUT2D eigenvalue weighted by Gasteiger charge is -2.22. The second-order valence-electron chi connectivity index (χ2n) is 6.01. The molecular weight excluding hydrogens is 360 g/mol. The average molecular weight is 381 g/mol. The number of rotatable bonds is 7. The van der Waals surface area contributed by atoms with Gasteiger partial charge in [-0.15, -0.1) is 10.2 Å². The molecule has 25 heavy (non-hydrogen) atoms. The maximum Gasteiger partial charge on any atom is 0.277 e. The Labute approximate surface area is 156 Å². The molecule has 0 radical (unpaired) electrons. The van der Waals surface area contributed by atoms with Crippen molar-refractivity contribution in [1.82, 2.24) is 15.5 Å². The second kappa shape index (κ2) is 9.10. The molecule has 3 rings (SSSR count). The van der Waals surface area contributed by atoms with Crippen molar-refractivity contribution in [3.63, 3.8) is 0 Å². The molecule has 6 nitrogen and oxygen atoms in total. The van der Waals surface area contributed by atoms with Gasteiger partial charge in [-0.3, -0.25) is 4.79 Å². The first kappa shape index (κ1) is 18.1. The Hall–Kier alpha value is -1.73. The van der Waals surface area contributed by atoms with Gasteiger partial charge in [-0.25, -0.2) is 0 Å². The average Bonchev–Trinajstić information content (AvgIpc) is 3.08. The third-order valence-corrected chi connectivity index (χ3v) is 5.10. The zero-order valence-corrected chi connectivity index (χ0v) is 15.4. The van der Waals surface area contributed by atoms with Crippen LogP contribution in [0.25, 0.3) is 0 Å². The third kappa shape index (κ3) is 5.93. The van der Waals surface area contributed by atoms with Crippen LogP contribution < -0.4 is 10.6 Å². The van der Waals surface area contributed by atoms with Crippen molar-refractivity contribution in [3.05, 3.63) is 35.2 Å². The fraction of sp³-hybridized carbons (Fsp3) is 0.471. The molecule has 2 aromatic rings. The van der Waals surface area contributed by atoms with Crippen molar-refractivity contribution in [2.45, 2.75) is 49.9 Å². The fourth-order valence-corrected chi connectivity index (χ4v) is 3.47. The molecule has 0 spiro atoms. The van der Waals surface area contributed by atoms with Crippen LogP contribution in [0, 0.1) is 0 Å². The maximum atomic E-state index is 12.0. The Morgan fingerprint density at radius 1 is 1.20 bits per heavy atom. The molecule has 0 aliphatic heterocycles. The largest absolute Gasteiger partial charge is 0.414 e. The Kier molecular flexibility index (Phi) is 6.58. The highest BCUT2D eigenvalue weighted by Gasteiger charge is 2.16. The Morgan fingerprint density at radius 2 is 1.96 bits per heavy atom. The van der Waals surface area contributed by atoms with E-state index >= 15 is 0 Å². The van der Waals surface area contributed by atoms with E-state index in [1.807, 2.05) is 24.3 Å². The maximum absolute atomic E-state index is 12.0. The molecule has 0 atom stereocenters. The highest BCUT2D eigenvalue weighted by atomic mass is 35.5. The molecule has 0 bridgehead atoms. The molecule has 8 heteroatoms.